The number of anilines is 1. The standard InChI is InChI=1S/C17H13BrN6O/c1-9-13(14(24-23-9)10-5-3-2-4-6-10)22-17(25)15-12-11(18)7-19-16(12)21-8-20-15/h2-8H,1H3,(H,22,25)(H,23,24)(H,19,20,21). The number of aryl methyl sites for hydroxylation is 1. The van der Waals surface area contributed by atoms with Gasteiger partial charge in [-0.1, -0.05) is 30.3 Å². The first-order chi connectivity index (χ1) is 12.1. The van der Waals surface area contributed by atoms with E-state index in [1.165, 1.54) is 6.33 Å². The number of hydrogen-bond acceptors (Lipinski definition) is 4. The number of H-pyrrole nitrogens is 2. The Morgan fingerprint density at radius 3 is 2.80 bits per heavy atom. The van der Waals surface area contributed by atoms with Gasteiger partial charge in [0.05, 0.1) is 16.8 Å². The van der Waals surface area contributed by atoms with Crippen LogP contribution in [0, 0.1) is 6.92 Å². The highest BCUT2D eigenvalue weighted by molar-refractivity contribution is 9.10. The second-order valence-electron chi connectivity index (χ2n) is 5.47. The monoisotopic (exact) mass is 396 g/mol. The van der Waals surface area contributed by atoms with Gasteiger partial charge in [0.25, 0.3) is 5.91 Å². The van der Waals surface area contributed by atoms with Crippen LogP contribution in [0.15, 0.2) is 47.3 Å². The summed E-state index contributed by atoms with van der Waals surface area (Å²) in [5.74, 6) is -0.325. The molecule has 1 aromatic carbocycles. The second-order valence-corrected chi connectivity index (χ2v) is 6.33. The first kappa shape index (κ1) is 15.5. The molecule has 124 valence electrons. The zero-order valence-electron chi connectivity index (χ0n) is 13.2. The zero-order chi connectivity index (χ0) is 17.4. The Bertz CT molecular complexity index is 1070. The SMILES string of the molecule is Cc1[nH]nc(-c2ccccc2)c1NC(=O)c1ncnc2[nH]cc(Br)c12. The van der Waals surface area contributed by atoms with Crippen LogP contribution in [0.2, 0.25) is 0 Å². The van der Waals surface area contributed by atoms with Gasteiger partial charge in [-0.2, -0.15) is 5.10 Å². The maximum Gasteiger partial charge on any atom is 0.275 e. The van der Waals surface area contributed by atoms with Crippen LogP contribution in [-0.4, -0.2) is 31.1 Å². The molecule has 0 spiro atoms. The normalized spacial score (nSPS) is 11.0. The topological polar surface area (TPSA) is 99.3 Å². The lowest BCUT2D eigenvalue weighted by Gasteiger charge is -2.07. The molecule has 3 N–H and O–H groups in total. The Kier molecular flexibility index (Phi) is 3.81. The van der Waals surface area contributed by atoms with Crippen molar-refractivity contribution in [2.75, 3.05) is 5.32 Å². The molecule has 0 bridgehead atoms. The number of benzene rings is 1. The molecule has 0 aliphatic rings. The molecule has 0 unspecified atom stereocenters. The van der Waals surface area contributed by atoms with Crippen molar-refractivity contribution in [3.05, 3.63) is 58.7 Å². The molecule has 1 amide bonds. The van der Waals surface area contributed by atoms with Gasteiger partial charge in [0, 0.05) is 16.2 Å². The summed E-state index contributed by atoms with van der Waals surface area (Å²) >= 11 is 3.42. The molecule has 4 rings (SSSR count). The number of fused-ring (bicyclic) bond motifs is 1. The van der Waals surface area contributed by atoms with E-state index < -0.39 is 0 Å². The van der Waals surface area contributed by atoms with Crippen LogP contribution in [-0.2, 0) is 0 Å². The molecule has 0 fully saturated rings. The summed E-state index contributed by atoms with van der Waals surface area (Å²) in [5.41, 5.74) is 3.89. The fourth-order valence-electron chi connectivity index (χ4n) is 2.66. The van der Waals surface area contributed by atoms with Crippen LogP contribution in [0.1, 0.15) is 16.2 Å². The molecule has 25 heavy (non-hydrogen) atoms. The molecule has 0 saturated heterocycles. The summed E-state index contributed by atoms with van der Waals surface area (Å²) in [5, 5.41) is 10.8. The highest BCUT2D eigenvalue weighted by Crippen LogP contribution is 2.30. The van der Waals surface area contributed by atoms with Crippen LogP contribution in [0.4, 0.5) is 5.69 Å². The predicted octanol–water partition coefficient (Wildman–Crippen LogP) is 3.67. The molecule has 3 aromatic heterocycles. The first-order valence-electron chi connectivity index (χ1n) is 7.54. The van der Waals surface area contributed by atoms with Crippen LogP contribution in [0.5, 0.6) is 0 Å². The van der Waals surface area contributed by atoms with Gasteiger partial charge in [-0.25, -0.2) is 9.97 Å². The number of aromatic nitrogens is 5. The van der Waals surface area contributed by atoms with E-state index >= 15 is 0 Å². The minimum Gasteiger partial charge on any atom is -0.345 e. The van der Waals surface area contributed by atoms with E-state index in [0.717, 1.165) is 15.7 Å². The minimum absolute atomic E-state index is 0.290. The van der Waals surface area contributed by atoms with Gasteiger partial charge in [0.2, 0.25) is 0 Å². The van der Waals surface area contributed by atoms with E-state index in [0.29, 0.717) is 22.4 Å². The molecule has 0 radical (unpaired) electrons. The van der Waals surface area contributed by atoms with Gasteiger partial charge in [-0.3, -0.25) is 9.89 Å². The fraction of sp³-hybridized carbons (Fsp3) is 0.0588. The van der Waals surface area contributed by atoms with Gasteiger partial charge < -0.3 is 10.3 Å². The highest BCUT2D eigenvalue weighted by atomic mass is 79.9. The minimum atomic E-state index is -0.325. The Morgan fingerprint density at radius 2 is 2.00 bits per heavy atom. The predicted molar refractivity (Wildman–Crippen MR) is 98.3 cm³/mol. The summed E-state index contributed by atoms with van der Waals surface area (Å²) in [4.78, 5) is 24.1. The number of halogens is 1. The summed E-state index contributed by atoms with van der Waals surface area (Å²) in [6.07, 6.45) is 3.09. The number of rotatable bonds is 3. The van der Waals surface area contributed by atoms with E-state index in [4.69, 9.17) is 0 Å². The Labute approximate surface area is 151 Å². The van der Waals surface area contributed by atoms with E-state index in [-0.39, 0.29) is 11.6 Å². The van der Waals surface area contributed by atoms with Gasteiger partial charge >= 0.3 is 0 Å². The molecule has 0 saturated carbocycles. The summed E-state index contributed by atoms with van der Waals surface area (Å²) in [6, 6.07) is 9.67. The molecule has 8 heteroatoms. The highest BCUT2D eigenvalue weighted by Gasteiger charge is 2.20. The van der Waals surface area contributed by atoms with Crippen molar-refractivity contribution in [2.24, 2.45) is 0 Å². The van der Waals surface area contributed by atoms with Crippen LogP contribution < -0.4 is 5.32 Å². The van der Waals surface area contributed by atoms with Crippen molar-refractivity contribution in [3.8, 4) is 11.3 Å². The van der Waals surface area contributed by atoms with Gasteiger partial charge in [-0.15, -0.1) is 0 Å². The van der Waals surface area contributed by atoms with E-state index in [1.54, 1.807) is 6.20 Å². The lowest BCUT2D eigenvalue weighted by Crippen LogP contribution is -2.15. The third-order valence-corrected chi connectivity index (χ3v) is 4.50. The zero-order valence-corrected chi connectivity index (χ0v) is 14.8. The van der Waals surface area contributed by atoms with Crippen LogP contribution in [0.25, 0.3) is 22.3 Å². The first-order valence-corrected chi connectivity index (χ1v) is 8.33. The van der Waals surface area contributed by atoms with E-state index in [2.05, 4.69) is 46.4 Å². The molecular weight excluding hydrogens is 384 g/mol. The Hall–Kier alpha value is -3.00. The van der Waals surface area contributed by atoms with Crippen molar-refractivity contribution < 1.29 is 4.79 Å². The number of carbonyl (C=O) groups is 1. The molecule has 0 aliphatic heterocycles. The molecule has 4 aromatic rings. The Morgan fingerprint density at radius 1 is 1.20 bits per heavy atom. The maximum absolute atomic E-state index is 12.8. The molecule has 0 atom stereocenters. The third-order valence-electron chi connectivity index (χ3n) is 3.87. The van der Waals surface area contributed by atoms with Crippen molar-refractivity contribution in [1.82, 2.24) is 25.1 Å². The van der Waals surface area contributed by atoms with Crippen LogP contribution >= 0.6 is 15.9 Å². The number of carbonyl (C=O) groups excluding carboxylic acids is 1. The Balaban J connectivity index is 1.75. The van der Waals surface area contributed by atoms with Gasteiger partial charge in [-0.05, 0) is 22.9 Å². The smallest absolute Gasteiger partial charge is 0.275 e. The second kappa shape index (κ2) is 6.14. The van der Waals surface area contributed by atoms with Crippen molar-refractivity contribution >= 4 is 38.6 Å². The molecule has 3 heterocycles. The molecule has 7 nitrogen and oxygen atoms in total. The average molecular weight is 397 g/mol. The van der Waals surface area contributed by atoms with Crippen molar-refractivity contribution in [2.45, 2.75) is 6.92 Å². The third kappa shape index (κ3) is 2.70. The van der Waals surface area contributed by atoms with Crippen molar-refractivity contribution in [3.63, 3.8) is 0 Å². The molecule has 0 aliphatic carbocycles. The maximum atomic E-state index is 12.8. The van der Waals surface area contributed by atoms with Crippen molar-refractivity contribution in [1.29, 1.82) is 0 Å². The number of amides is 1. The molecular formula is C17H13BrN6O. The lowest BCUT2D eigenvalue weighted by molar-refractivity contribution is 0.102. The average Bonchev–Trinajstić information content (AvgIpc) is 3.19. The van der Waals surface area contributed by atoms with Gasteiger partial charge in [0.15, 0.2) is 0 Å². The summed E-state index contributed by atoms with van der Waals surface area (Å²) in [7, 11) is 0. The number of aromatic amines is 2. The quantitative estimate of drug-likeness (QED) is 0.491. The van der Waals surface area contributed by atoms with E-state index in [9.17, 15) is 4.79 Å². The number of nitrogens with one attached hydrogen (secondary N) is 3. The lowest BCUT2D eigenvalue weighted by atomic mass is 10.1. The van der Waals surface area contributed by atoms with E-state index in [1.807, 2.05) is 37.3 Å². The largest absolute Gasteiger partial charge is 0.345 e. The number of nitrogens with zero attached hydrogens (tertiary/aromatic N) is 3. The van der Waals surface area contributed by atoms with Crippen LogP contribution in [0.3, 0.4) is 0 Å². The van der Waals surface area contributed by atoms with Gasteiger partial charge in [0.1, 0.15) is 23.4 Å². The fourth-order valence-corrected chi connectivity index (χ4v) is 3.15. The summed E-state index contributed by atoms with van der Waals surface area (Å²) < 4.78 is 0.737. The summed E-state index contributed by atoms with van der Waals surface area (Å²) in [6.45, 7) is 1.86. The number of hydrogen-bond donors (Lipinski definition) is 3.